The summed E-state index contributed by atoms with van der Waals surface area (Å²) >= 11 is 0. The molecule has 1 atom stereocenters. The number of morpholine rings is 1. The quantitative estimate of drug-likeness (QED) is 0.248. The Labute approximate surface area is 270 Å². The van der Waals surface area contributed by atoms with E-state index in [1.165, 1.54) is 24.3 Å². The summed E-state index contributed by atoms with van der Waals surface area (Å²) in [7, 11) is 0. The molecule has 5 rings (SSSR count). The number of amides is 3. The Morgan fingerprint density at radius 1 is 1.04 bits per heavy atom. The number of carbonyl (C=O) groups excluding carboxylic acids is 3. The number of anilines is 3. The second-order valence-electron chi connectivity index (χ2n) is 11.2. The minimum atomic E-state index is -3.03. The average molecular weight is 651 g/mol. The van der Waals surface area contributed by atoms with E-state index in [1.54, 1.807) is 29.2 Å². The van der Waals surface area contributed by atoms with Gasteiger partial charge < -0.3 is 35.6 Å². The van der Waals surface area contributed by atoms with Gasteiger partial charge in [-0.1, -0.05) is 6.08 Å². The Balaban J connectivity index is 1.21. The van der Waals surface area contributed by atoms with Crippen LogP contribution < -0.4 is 26.0 Å². The summed E-state index contributed by atoms with van der Waals surface area (Å²) in [5.74, 6) is -3.71. The maximum absolute atomic E-state index is 13.7. The van der Waals surface area contributed by atoms with Gasteiger partial charge >= 0.3 is 0 Å². The molecule has 2 aliphatic heterocycles. The van der Waals surface area contributed by atoms with Crippen LogP contribution in [0.25, 0.3) is 0 Å². The molecule has 0 spiro atoms. The highest BCUT2D eigenvalue weighted by atomic mass is 19.3. The van der Waals surface area contributed by atoms with Crippen LogP contribution in [0.1, 0.15) is 50.5 Å². The number of rotatable bonds is 12. The fourth-order valence-corrected chi connectivity index (χ4v) is 5.19. The van der Waals surface area contributed by atoms with Crippen molar-refractivity contribution >= 4 is 35.2 Å². The number of aromatic nitrogens is 3. The number of hydrogen-bond acceptors (Lipinski definition) is 10. The third-order valence-electron chi connectivity index (χ3n) is 7.65. The van der Waals surface area contributed by atoms with Gasteiger partial charge in [-0.25, -0.2) is 8.78 Å². The molecule has 15 heteroatoms. The van der Waals surface area contributed by atoms with Crippen LogP contribution in [0.5, 0.6) is 5.75 Å². The lowest BCUT2D eigenvalue weighted by Crippen LogP contribution is -2.48. The highest BCUT2D eigenvalue weighted by Gasteiger charge is 2.29. The number of benzene rings is 2. The van der Waals surface area contributed by atoms with Crippen LogP contribution in [0, 0.1) is 0 Å². The minimum absolute atomic E-state index is 0.0938. The molecule has 248 valence electrons. The van der Waals surface area contributed by atoms with E-state index in [-0.39, 0.29) is 41.1 Å². The predicted molar refractivity (Wildman–Crippen MR) is 169 cm³/mol. The van der Waals surface area contributed by atoms with Gasteiger partial charge in [-0.05, 0) is 61.4 Å². The van der Waals surface area contributed by atoms with Crippen LogP contribution in [-0.4, -0.2) is 95.8 Å². The first-order valence-electron chi connectivity index (χ1n) is 15.2. The van der Waals surface area contributed by atoms with Crippen molar-refractivity contribution in [3.63, 3.8) is 0 Å². The Kier molecular flexibility index (Phi) is 10.6. The summed E-state index contributed by atoms with van der Waals surface area (Å²) in [6.07, 6.45) is 2.07. The molecule has 3 heterocycles. The van der Waals surface area contributed by atoms with E-state index in [2.05, 4.69) is 32.4 Å². The van der Waals surface area contributed by atoms with Crippen LogP contribution in [0.4, 0.5) is 26.2 Å². The molecule has 1 unspecified atom stereocenters. The monoisotopic (exact) mass is 650 g/mol. The van der Waals surface area contributed by atoms with Gasteiger partial charge in [-0.2, -0.15) is 4.98 Å². The molecule has 2 aromatic carbocycles. The zero-order valence-corrected chi connectivity index (χ0v) is 25.7. The lowest BCUT2D eigenvalue weighted by Gasteiger charge is -2.33. The summed E-state index contributed by atoms with van der Waals surface area (Å²) in [4.78, 5) is 46.0. The lowest BCUT2D eigenvalue weighted by molar-refractivity contribution is -0.0377. The minimum Gasteiger partial charge on any atom is -0.487 e. The number of primary amides is 1. The molecule has 2 aliphatic rings. The van der Waals surface area contributed by atoms with E-state index >= 15 is 0 Å². The molecule has 13 nitrogen and oxygen atoms in total. The molecule has 47 heavy (non-hydrogen) atoms. The zero-order chi connectivity index (χ0) is 33.4. The summed E-state index contributed by atoms with van der Waals surface area (Å²) < 4.78 is 37.9. The summed E-state index contributed by atoms with van der Waals surface area (Å²) in [6.45, 7) is 5.56. The predicted octanol–water partition coefficient (Wildman–Crippen LogP) is 3.18. The normalized spacial score (nSPS) is 16.7. The topological polar surface area (TPSA) is 165 Å². The van der Waals surface area contributed by atoms with E-state index in [1.807, 2.05) is 4.90 Å². The molecular formula is C32H36F2N8O5. The number of nitrogens with one attached hydrogen (secondary N) is 2. The number of carbonyl (C=O) groups is 3. The first-order chi connectivity index (χ1) is 22.6. The molecular weight excluding hydrogens is 614 g/mol. The van der Waals surface area contributed by atoms with Gasteiger partial charge in [-0.3, -0.25) is 14.4 Å². The van der Waals surface area contributed by atoms with Crippen molar-refractivity contribution in [1.82, 2.24) is 25.4 Å². The van der Waals surface area contributed by atoms with Gasteiger partial charge in [0.2, 0.25) is 5.95 Å². The average Bonchev–Trinajstić information content (AvgIpc) is 3.08. The Bertz CT molecular complexity index is 1580. The Morgan fingerprint density at radius 2 is 1.74 bits per heavy atom. The third-order valence-corrected chi connectivity index (χ3v) is 7.65. The fourth-order valence-electron chi connectivity index (χ4n) is 5.19. The van der Waals surface area contributed by atoms with Gasteiger partial charge in [0.05, 0.1) is 13.2 Å². The van der Waals surface area contributed by atoms with E-state index < -0.39 is 24.9 Å². The second kappa shape index (κ2) is 14.9. The lowest BCUT2D eigenvalue weighted by atomic mass is 10.1. The smallest absolute Gasteiger partial charge is 0.284 e. The summed E-state index contributed by atoms with van der Waals surface area (Å²) in [6, 6.07) is 12.5. The van der Waals surface area contributed by atoms with Gasteiger partial charge in [-0.15, -0.1) is 16.8 Å². The summed E-state index contributed by atoms with van der Waals surface area (Å²) in [5.41, 5.74) is 6.82. The van der Waals surface area contributed by atoms with E-state index in [9.17, 15) is 23.2 Å². The number of nitrogens with two attached hydrogens (primary N) is 1. The molecule has 3 aromatic rings. The number of alkyl halides is 2. The molecule has 0 aliphatic carbocycles. The van der Waals surface area contributed by atoms with Crippen LogP contribution in [-0.2, 0) is 4.74 Å². The van der Waals surface area contributed by atoms with Gasteiger partial charge in [0.15, 0.2) is 18.1 Å². The molecule has 0 saturated carbocycles. The van der Waals surface area contributed by atoms with Crippen molar-refractivity contribution < 1.29 is 32.6 Å². The molecule has 2 saturated heterocycles. The maximum atomic E-state index is 13.7. The summed E-state index contributed by atoms with van der Waals surface area (Å²) in [5, 5.41) is 14.2. The van der Waals surface area contributed by atoms with Gasteiger partial charge in [0.1, 0.15) is 5.75 Å². The molecule has 1 aromatic heterocycles. The van der Waals surface area contributed by atoms with Crippen molar-refractivity contribution in [1.29, 1.82) is 0 Å². The molecule has 3 amide bonds. The molecule has 2 fully saturated rings. The van der Waals surface area contributed by atoms with Crippen molar-refractivity contribution in [2.75, 3.05) is 56.2 Å². The zero-order valence-electron chi connectivity index (χ0n) is 25.7. The van der Waals surface area contributed by atoms with Gasteiger partial charge in [0.25, 0.3) is 23.6 Å². The van der Waals surface area contributed by atoms with Crippen molar-refractivity contribution in [2.24, 2.45) is 5.73 Å². The van der Waals surface area contributed by atoms with Gasteiger partial charge in [0, 0.05) is 55.5 Å². The SMILES string of the molecule is C=CCC(F)(F)COc1ccc(C(=O)NC2CCCN(c3nnc(C(N)=O)c(Nc4ccc(C(=O)N5CCOCC5)cc4)n3)C2)cc1. The largest absolute Gasteiger partial charge is 0.487 e. The third kappa shape index (κ3) is 8.76. The first kappa shape index (κ1) is 33.2. The van der Waals surface area contributed by atoms with E-state index in [4.69, 9.17) is 15.2 Å². The van der Waals surface area contributed by atoms with Crippen LogP contribution in [0.3, 0.4) is 0 Å². The number of halogens is 2. The van der Waals surface area contributed by atoms with Crippen LogP contribution in [0.2, 0.25) is 0 Å². The van der Waals surface area contributed by atoms with Crippen molar-refractivity contribution in [2.45, 2.75) is 31.2 Å². The maximum Gasteiger partial charge on any atom is 0.284 e. The van der Waals surface area contributed by atoms with E-state index in [0.29, 0.717) is 62.6 Å². The Hall–Kier alpha value is -5.18. The first-order valence-corrected chi connectivity index (χ1v) is 15.2. The van der Waals surface area contributed by atoms with Crippen LogP contribution >= 0.6 is 0 Å². The van der Waals surface area contributed by atoms with Crippen LogP contribution in [0.15, 0.2) is 61.2 Å². The van der Waals surface area contributed by atoms with E-state index in [0.717, 1.165) is 12.5 Å². The number of ether oxygens (including phenoxy) is 2. The molecule has 4 N–H and O–H groups in total. The fraction of sp³-hybridized carbons (Fsp3) is 0.375. The number of allylic oxidation sites excluding steroid dienone is 1. The number of hydrogen-bond donors (Lipinski definition) is 3. The van der Waals surface area contributed by atoms with Crippen molar-refractivity contribution in [3.8, 4) is 5.75 Å². The molecule has 0 bridgehead atoms. The standard InChI is InChI=1S/C32H36F2N8O5/c1-2-13-32(33,34)20-47-25-11-7-21(8-12-25)29(44)37-24-4-3-14-42(19-24)31-38-28(26(27(35)43)39-40-31)36-23-9-5-22(6-10-23)30(45)41-15-17-46-18-16-41/h2,5-12,24H,1,3-4,13-20H2,(H2,35,43)(H,37,44)(H,36,38,40). The number of piperidine rings is 1. The van der Waals surface area contributed by atoms with Crippen molar-refractivity contribution in [3.05, 3.63) is 78.0 Å². The second-order valence-corrected chi connectivity index (χ2v) is 11.2. The highest BCUT2D eigenvalue weighted by Crippen LogP contribution is 2.24. The molecule has 0 radical (unpaired) electrons. The Morgan fingerprint density at radius 3 is 2.43 bits per heavy atom. The highest BCUT2D eigenvalue weighted by molar-refractivity contribution is 5.97. The number of nitrogens with zero attached hydrogens (tertiary/aromatic N) is 5.